The van der Waals surface area contributed by atoms with Gasteiger partial charge in [-0.15, -0.1) is 0 Å². The van der Waals surface area contributed by atoms with Crippen molar-refractivity contribution >= 4 is 11.8 Å². The van der Waals surface area contributed by atoms with Gasteiger partial charge in [0.1, 0.15) is 5.82 Å². The molecule has 1 aliphatic rings. The van der Waals surface area contributed by atoms with Crippen LogP contribution in [0.25, 0.3) is 0 Å². The van der Waals surface area contributed by atoms with Crippen LogP contribution in [-0.4, -0.2) is 36.3 Å². The SMILES string of the molecule is COC1CCCN(c2cc(C)nc(NN)n2)C1. The summed E-state index contributed by atoms with van der Waals surface area (Å²) >= 11 is 0. The van der Waals surface area contributed by atoms with Crippen LogP contribution in [0.2, 0.25) is 0 Å². The highest BCUT2D eigenvalue weighted by Crippen LogP contribution is 2.20. The van der Waals surface area contributed by atoms with Gasteiger partial charge in [0, 0.05) is 32.0 Å². The summed E-state index contributed by atoms with van der Waals surface area (Å²) in [5, 5.41) is 0. The molecule has 0 aliphatic carbocycles. The molecule has 1 unspecified atom stereocenters. The quantitative estimate of drug-likeness (QED) is 0.595. The molecule has 1 atom stereocenters. The molecule has 1 fully saturated rings. The van der Waals surface area contributed by atoms with E-state index in [0.29, 0.717) is 5.95 Å². The second-order valence-corrected chi connectivity index (χ2v) is 4.28. The third-order valence-electron chi connectivity index (χ3n) is 3.01. The van der Waals surface area contributed by atoms with Gasteiger partial charge in [0.2, 0.25) is 5.95 Å². The molecule has 0 amide bonds. The fraction of sp³-hybridized carbons (Fsp3) is 0.636. The number of rotatable bonds is 3. The van der Waals surface area contributed by atoms with Crippen LogP contribution in [0.15, 0.2) is 6.07 Å². The minimum atomic E-state index is 0.285. The highest BCUT2D eigenvalue weighted by Gasteiger charge is 2.21. The van der Waals surface area contributed by atoms with Gasteiger partial charge in [0.25, 0.3) is 0 Å². The number of nitrogens with zero attached hydrogens (tertiary/aromatic N) is 3. The first-order chi connectivity index (χ1) is 8.22. The summed E-state index contributed by atoms with van der Waals surface area (Å²) in [7, 11) is 1.76. The van der Waals surface area contributed by atoms with Crippen molar-refractivity contribution in [2.75, 3.05) is 30.5 Å². The standard InChI is InChI=1S/C11H19N5O/c1-8-6-10(14-11(13-8)15-12)16-5-3-4-9(7-16)17-2/h6,9H,3-5,7,12H2,1-2H3,(H,13,14,15). The zero-order valence-corrected chi connectivity index (χ0v) is 10.3. The maximum Gasteiger partial charge on any atom is 0.239 e. The number of ether oxygens (including phenoxy) is 1. The topological polar surface area (TPSA) is 76.3 Å². The van der Waals surface area contributed by atoms with E-state index in [2.05, 4.69) is 20.3 Å². The predicted molar refractivity (Wildman–Crippen MR) is 66.8 cm³/mol. The van der Waals surface area contributed by atoms with Crippen molar-refractivity contribution in [3.8, 4) is 0 Å². The monoisotopic (exact) mass is 237 g/mol. The maximum absolute atomic E-state index is 5.40. The second kappa shape index (κ2) is 5.29. The van der Waals surface area contributed by atoms with Gasteiger partial charge in [0.05, 0.1) is 6.10 Å². The average Bonchev–Trinajstić information content (AvgIpc) is 2.38. The van der Waals surface area contributed by atoms with Crippen LogP contribution in [-0.2, 0) is 4.74 Å². The van der Waals surface area contributed by atoms with Crippen molar-refractivity contribution in [1.29, 1.82) is 0 Å². The summed E-state index contributed by atoms with van der Waals surface area (Å²) in [6, 6.07) is 1.97. The third kappa shape index (κ3) is 2.83. The second-order valence-electron chi connectivity index (χ2n) is 4.28. The normalized spacial score (nSPS) is 20.4. The first-order valence-corrected chi connectivity index (χ1v) is 5.83. The highest BCUT2D eigenvalue weighted by molar-refractivity contribution is 5.44. The predicted octanol–water partition coefficient (Wildman–Crippen LogP) is 0.686. The average molecular weight is 237 g/mol. The lowest BCUT2D eigenvalue weighted by atomic mass is 10.1. The number of nitrogens with one attached hydrogen (secondary N) is 1. The molecule has 3 N–H and O–H groups in total. The zero-order valence-electron chi connectivity index (χ0n) is 10.3. The van der Waals surface area contributed by atoms with E-state index in [1.807, 2.05) is 13.0 Å². The molecule has 94 valence electrons. The van der Waals surface area contributed by atoms with Gasteiger partial charge in [-0.2, -0.15) is 4.98 Å². The fourth-order valence-corrected chi connectivity index (χ4v) is 2.12. The molecule has 0 aromatic carbocycles. The van der Waals surface area contributed by atoms with Crippen LogP contribution >= 0.6 is 0 Å². The van der Waals surface area contributed by atoms with Crippen LogP contribution in [0.1, 0.15) is 18.5 Å². The zero-order chi connectivity index (χ0) is 12.3. The molecule has 2 rings (SSSR count). The van der Waals surface area contributed by atoms with Crippen LogP contribution < -0.4 is 16.2 Å². The van der Waals surface area contributed by atoms with Crippen molar-refractivity contribution in [3.63, 3.8) is 0 Å². The molecular formula is C11H19N5O. The number of aromatic nitrogens is 2. The Morgan fingerprint density at radius 2 is 2.35 bits per heavy atom. The summed E-state index contributed by atoms with van der Waals surface area (Å²) < 4.78 is 5.40. The van der Waals surface area contributed by atoms with E-state index >= 15 is 0 Å². The van der Waals surface area contributed by atoms with E-state index in [9.17, 15) is 0 Å². The maximum atomic E-state index is 5.40. The Labute approximate surface area is 101 Å². The molecule has 2 heterocycles. The Morgan fingerprint density at radius 3 is 3.06 bits per heavy atom. The van der Waals surface area contributed by atoms with Crippen LogP contribution in [0.4, 0.5) is 11.8 Å². The number of methoxy groups -OCH3 is 1. The number of hydrazine groups is 1. The molecular weight excluding hydrogens is 218 g/mol. The van der Waals surface area contributed by atoms with E-state index in [-0.39, 0.29) is 6.10 Å². The van der Waals surface area contributed by atoms with Gasteiger partial charge in [0.15, 0.2) is 0 Å². The number of piperidine rings is 1. The summed E-state index contributed by atoms with van der Waals surface area (Å²) in [6.07, 6.45) is 2.51. The number of nitrogens with two attached hydrogens (primary N) is 1. The van der Waals surface area contributed by atoms with Gasteiger partial charge < -0.3 is 9.64 Å². The summed E-state index contributed by atoms with van der Waals surface area (Å²) in [5.74, 6) is 6.72. The van der Waals surface area contributed by atoms with Crippen molar-refractivity contribution in [2.45, 2.75) is 25.9 Å². The third-order valence-corrected chi connectivity index (χ3v) is 3.01. The van der Waals surface area contributed by atoms with E-state index in [1.54, 1.807) is 7.11 Å². The Hall–Kier alpha value is -1.40. The van der Waals surface area contributed by atoms with E-state index in [4.69, 9.17) is 10.6 Å². The van der Waals surface area contributed by atoms with Gasteiger partial charge in [-0.25, -0.2) is 10.8 Å². The van der Waals surface area contributed by atoms with Crippen LogP contribution in [0, 0.1) is 6.92 Å². The van der Waals surface area contributed by atoms with E-state index < -0.39 is 0 Å². The Morgan fingerprint density at radius 1 is 1.53 bits per heavy atom. The minimum Gasteiger partial charge on any atom is -0.380 e. The van der Waals surface area contributed by atoms with E-state index in [1.165, 1.54) is 0 Å². The lowest BCUT2D eigenvalue weighted by molar-refractivity contribution is 0.0891. The largest absolute Gasteiger partial charge is 0.380 e. The molecule has 0 radical (unpaired) electrons. The smallest absolute Gasteiger partial charge is 0.239 e. The lowest BCUT2D eigenvalue weighted by Crippen LogP contribution is -2.39. The summed E-state index contributed by atoms with van der Waals surface area (Å²) in [5.41, 5.74) is 3.40. The number of hydrogen-bond acceptors (Lipinski definition) is 6. The number of hydrogen-bond donors (Lipinski definition) is 2. The Bertz CT molecular complexity index is 384. The molecule has 1 aliphatic heterocycles. The van der Waals surface area contributed by atoms with Gasteiger partial charge in [-0.1, -0.05) is 0 Å². The summed E-state index contributed by atoms with van der Waals surface area (Å²) in [4.78, 5) is 10.8. The van der Waals surface area contributed by atoms with Gasteiger partial charge in [-0.05, 0) is 19.8 Å². The molecule has 17 heavy (non-hydrogen) atoms. The van der Waals surface area contributed by atoms with Crippen LogP contribution in [0.5, 0.6) is 0 Å². The van der Waals surface area contributed by atoms with Crippen molar-refractivity contribution in [1.82, 2.24) is 9.97 Å². The molecule has 1 aromatic heterocycles. The fourth-order valence-electron chi connectivity index (χ4n) is 2.12. The molecule has 6 heteroatoms. The van der Waals surface area contributed by atoms with Crippen molar-refractivity contribution < 1.29 is 4.74 Å². The molecule has 1 aromatic rings. The molecule has 0 spiro atoms. The minimum absolute atomic E-state index is 0.285. The van der Waals surface area contributed by atoms with Crippen molar-refractivity contribution in [2.24, 2.45) is 5.84 Å². The number of aryl methyl sites for hydroxylation is 1. The van der Waals surface area contributed by atoms with Gasteiger partial charge in [-0.3, -0.25) is 5.43 Å². The summed E-state index contributed by atoms with van der Waals surface area (Å²) in [6.45, 7) is 3.81. The van der Waals surface area contributed by atoms with Gasteiger partial charge >= 0.3 is 0 Å². The first-order valence-electron chi connectivity index (χ1n) is 5.83. The Kier molecular flexibility index (Phi) is 3.75. The molecule has 6 nitrogen and oxygen atoms in total. The lowest BCUT2D eigenvalue weighted by Gasteiger charge is -2.32. The van der Waals surface area contributed by atoms with Crippen molar-refractivity contribution in [3.05, 3.63) is 11.8 Å². The number of anilines is 2. The van der Waals surface area contributed by atoms with Crippen LogP contribution in [0.3, 0.4) is 0 Å². The van der Waals surface area contributed by atoms with E-state index in [0.717, 1.165) is 37.4 Å². The molecule has 0 saturated carbocycles. The number of nitrogen functional groups attached to an aromatic ring is 1. The highest BCUT2D eigenvalue weighted by atomic mass is 16.5. The Balaban J connectivity index is 2.18. The first kappa shape index (κ1) is 12.1. The molecule has 1 saturated heterocycles. The molecule has 0 bridgehead atoms.